The molecule has 31 heavy (non-hydrogen) atoms. The van der Waals surface area contributed by atoms with Crippen LogP contribution < -0.4 is 0 Å². The molecule has 0 saturated carbocycles. The van der Waals surface area contributed by atoms with E-state index in [1.807, 2.05) is 0 Å². The molecule has 0 aliphatic rings. The number of aryl methyl sites for hydroxylation is 6. The van der Waals surface area contributed by atoms with Gasteiger partial charge in [0.15, 0.2) is 0 Å². The highest BCUT2D eigenvalue weighted by Crippen LogP contribution is 2.21. The molecule has 0 saturated heterocycles. The molecule has 0 aliphatic heterocycles. The number of hydrogen-bond donors (Lipinski definition) is 0. The predicted octanol–water partition coefficient (Wildman–Crippen LogP) is 9.62. The highest BCUT2D eigenvalue weighted by Gasteiger charge is 2.11. The first-order chi connectivity index (χ1) is 14.4. The van der Waals surface area contributed by atoms with Gasteiger partial charge >= 0.3 is 0 Å². The third-order valence-electron chi connectivity index (χ3n) is 4.80. The van der Waals surface area contributed by atoms with E-state index in [0.717, 1.165) is 0 Å². The van der Waals surface area contributed by atoms with E-state index in [1.54, 1.807) is 0 Å². The third-order valence-corrected chi connectivity index (χ3v) is 4.80. The summed E-state index contributed by atoms with van der Waals surface area (Å²) >= 11 is 0. The van der Waals surface area contributed by atoms with Gasteiger partial charge in [-0.05, 0) is 63.6 Å². The van der Waals surface area contributed by atoms with E-state index in [0.29, 0.717) is 0 Å². The van der Waals surface area contributed by atoms with E-state index in [-0.39, 0.29) is 5.41 Å². The minimum Gasteiger partial charge on any atom is -0.0656 e. The van der Waals surface area contributed by atoms with Gasteiger partial charge in [0.05, 0.1) is 0 Å². The van der Waals surface area contributed by atoms with E-state index in [2.05, 4.69) is 143 Å². The Morgan fingerprint density at radius 3 is 1.10 bits per heavy atom. The van der Waals surface area contributed by atoms with E-state index in [1.165, 1.54) is 45.4 Å². The quantitative estimate of drug-likeness (QED) is 0.341. The second-order valence-corrected chi connectivity index (χ2v) is 9.57. The maximum absolute atomic E-state index is 2.23. The fourth-order valence-electron chi connectivity index (χ4n) is 2.58. The summed E-state index contributed by atoms with van der Waals surface area (Å²) in [5.74, 6) is 0. The highest BCUT2D eigenvalue weighted by atomic mass is 14.2. The molecule has 0 nitrogen and oxygen atoms in total. The first-order valence-corrected chi connectivity index (χ1v) is 11.5. The largest absolute Gasteiger partial charge is 0.0656 e. The summed E-state index contributed by atoms with van der Waals surface area (Å²) in [6.07, 6.45) is 1.25. The monoisotopic (exact) mass is 418 g/mol. The smallest absolute Gasteiger partial charge is 0.0132 e. The Balaban J connectivity index is 0.000000414. The lowest BCUT2D eigenvalue weighted by Crippen LogP contribution is -2.10. The predicted molar refractivity (Wildman–Crippen MR) is 142 cm³/mol. The van der Waals surface area contributed by atoms with Crippen LogP contribution >= 0.6 is 0 Å². The molecule has 170 valence electrons. The molecule has 0 bridgehead atoms. The van der Waals surface area contributed by atoms with Crippen molar-refractivity contribution in [2.75, 3.05) is 0 Å². The van der Waals surface area contributed by atoms with Gasteiger partial charge in [0.2, 0.25) is 0 Å². The van der Waals surface area contributed by atoms with Crippen molar-refractivity contribution in [2.45, 2.75) is 88.0 Å². The first-order valence-electron chi connectivity index (χ1n) is 11.5. The fraction of sp³-hybridized carbons (Fsp3) is 0.419. The van der Waals surface area contributed by atoms with Crippen molar-refractivity contribution in [1.82, 2.24) is 0 Å². The molecule has 3 rings (SSSR count). The third kappa shape index (κ3) is 13.6. The summed E-state index contributed by atoms with van der Waals surface area (Å²) in [7, 11) is 0. The normalized spacial score (nSPS) is 9.90. The van der Waals surface area contributed by atoms with Crippen molar-refractivity contribution in [3.8, 4) is 0 Å². The zero-order valence-corrected chi connectivity index (χ0v) is 22.1. The van der Waals surface area contributed by atoms with Gasteiger partial charge in [0, 0.05) is 0 Å². The van der Waals surface area contributed by atoms with Crippen LogP contribution in [0.3, 0.4) is 0 Å². The van der Waals surface area contributed by atoms with E-state index < -0.39 is 0 Å². The first kappa shape index (κ1) is 28.7. The molecule has 0 aromatic heterocycles. The average molecular weight is 419 g/mol. The van der Waals surface area contributed by atoms with Crippen molar-refractivity contribution in [1.29, 1.82) is 0 Å². The maximum atomic E-state index is 2.23. The Kier molecular flexibility index (Phi) is 13.5. The minimum atomic E-state index is 0.285. The van der Waals surface area contributed by atoms with Crippen LogP contribution in [0.5, 0.6) is 0 Å². The Hall–Kier alpha value is -2.34. The van der Waals surface area contributed by atoms with Gasteiger partial charge in [0.1, 0.15) is 0 Å². The Bertz CT molecular complexity index is 823. The van der Waals surface area contributed by atoms with Gasteiger partial charge in [-0.15, -0.1) is 0 Å². The number of benzene rings is 3. The highest BCUT2D eigenvalue weighted by molar-refractivity contribution is 5.29. The summed E-state index contributed by atoms with van der Waals surface area (Å²) in [6, 6.07) is 23.7. The van der Waals surface area contributed by atoms with Gasteiger partial charge < -0.3 is 0 Å². The van der Waals surface area contributed by atoms with E-state index in [9.17, 15) is 0 Å². The zero-order valence-electron chi connectivity index (χ0n) is 22.1. The molecule has 0 heteroatoms. The van der Waals surface area contributed by atoms with Crippen molar-refractivity contribution < 1.29 is 0 Å². The lowest BCUT2D eigenvalue weighted by atomic mass is 9.87. The molecule has 0 amide bonds. The summed E-state index contributed by atoms with van der Waals surface area (Å²) in [5.41, 5.74) is 9.79. The molecule has 0 heterocycles. The molecule has 0 fully saturated rings. The van der Waals surface area contributed by atoms with Crippen LogP contribution in [-0.4, -0.2) is 0 Å². The molecule has 0 atom stereocenters. The lowest BCUT2D eigenvalue weighted by Gasteiger charge is -2.18. The van der Waals surface area contributed by atoms with Gasteiger partial charge in [0.25, 0.3) is 0 Å². The molecule has 0 spiro atoms. The van der Waals surface area contributed by atoms with Crippen LogP contribution in [0.15, 0.2) is 66.7 Å². The van der Waals surface area contributed by atoms with Gasteiger partial charge in [-0.3, -0.25) is 0 Å². The fourth-order valence-corrected chi connectivity index (χ4v) is 2.58. The van der Waals surface area contributed by atoms with Gasteiger partial charge in [-0.1, -0.05) is 130 Å². The van der Waals surface area contributed by atoms with Crippen LogP contribution in [0.4, 0.5) is 0 Å². The Morgan fingerprint density at radius 2 is 0.806 bits per heavy atom. The van der Waals surface area contributed by atoms with Gasteiger partial charge in [-0.25, -0.2) is 0 Å². The zero-order chi connectivity index (χ0) is 24.0. The standard InChI is InChI=1S/C11H16.C9H12.C8H10.C3H8/c1-9-5-7-10(8-6-9)11(2,3)4;1-7-4-5-8(2)9(3)6-7;1-7-3-5-8(2)6-4-7;1-3-2/h5-8H,1-4H3;4-6H,1-3H3;3-6H,1-2H3;3H2,1-2H3. The van der Waals surface area contributed by atoms with E-state index in [4.69, 9.17) is 0 Å². The lowest BCUT2D eigenvalue weighted by molar-refractivity contribution is 0.590. The van der Waals surface area contributed by atoms with Crippen molar-refractivity contribution in [3.63, 3.8) is 0 Å². The van der Waals surface area contributed by atoms with Crippen LogP contribution in [0.1, 0.15) is 80.0 Å². The molecule has 0 unspecified atom stereocenters. The Labute approximate surface area is 193 Å². The molecule has 0 N–H and O–H groups in total. The summed E-state index contributed by atoms with van der Waals surface area (Å²) < 4.78 is 0. The van der Waals surface area contributed by atoms with Crippen LogP contribution in [-0.2, 0) is 5.41 Å². The molecular formula is C31H46. The second-order valence-electron chi connectivity index (χ2n) is 9.57. The molecule has 3 aromatic carbocycles. The van der Waals surface area contributed by atoms with Crippen molar-refractivity contribution in [3.05, 3.63) is 106 Å². The SMILES string of the molecule is CCC.Cc1ccc(C(C)(C)C)cc1.Cc1ccc(C)c(C)c1.Cc1ccc(C)cc1. The van der Waals surface area contributed by atoms with Crippen LogP contribution in [0, 0.1) is 41.5 Å². The topological polar surface area (TPSA) is 0 Å². The summed E-state index contributed by atoms with van der Waals surface area (Å²) in [4.78, 5) is 0. The summed E-state index contributed by atoms with van der Waals surface area (Å²) in [6.45, 7) is 23.7. The average Bonchev–Trinajstić information content (AvgIpc) is 2.69. The van der Waals surface area contributed by atoms with E-state index >= 15 is 0 Å². The van der Waals surface area contributed by atoms with Crippen molar-refractivity contribution in [2.24, 2.45) is 0 Å². The van der Waals surface area contributed by atoms with Gasteiger partial charge in [-0.2, -0.15) is 0 Å². The minimum absolute atomic E-state index is 0.285. The van der Waals surface area contributed by atoms with Crippen molar-refractivity contribution >= 4 is 0 Å². The Morgan fingerprint density at radius 1 is 0.484 bits per heavy atom. The summed E-state index contributed by atoms with van der Waals surface area (Å²) in [5, 5.41) is 0. The maximum Gasteiger partial charge on any atom is -0.0132 e. The molecule has 0 radical (unpaired) electrons. The van der Waals surface area contributed by atoms with Crippen LogP contribution in [0.2, 0.25) is 0 Å². The molecule has 3 aromatic rings. The number of hydrogen-bond acceptors (Lipinski definition) is 0. The second kappa shape index (κ2) is 14.6. The molecular weight excluding hydrogens is 372 g/mol. The number of rotatable bonds is 0. The molecule has 0 aliphatic carbocycles. The van der Waals surface area contributed by atoms with Crippen LogP contribution in [0.25, 0.3) is 0 Å².